The Hall–Kier alpha value is -2.54. The number of hydrogen-bond donors (Lipinski definition) is 1. The molecule has 0 aromatic heterocycles. The molecule has 1 amide bonds. The van der Waals surface area contributed by atoms with E-state index in [1.165, 1.54) is 12.1 Å². The molecule has 0 bridgehead atoms. The molecular formula is C20H26N2O4S. The first-order chi connectivity index (χ1) is 12.8. The van der Waals surface area contributed by atoms with Gasteiger partial charge in [0.2, 0.25) is 5.91 Å². The highest BCUT2D eigenvalue weighted by atomic mass is 32.2. The third-order valence-electron chi connectivity index (χ3n) is 4.23. The summed E-state index contributed by atoms with van der Waals surface area (Å²) in [7, 11) is -1.49. The van der Waals surface area contributed by atoms with Crippen molar-refractivity contribution in [2.24, 2.45) is 0 Å². The van der Waals surface area contributed by atoms with Crippen LogP contribution in [-0.4, -0.2) is 45.7 Å². The molecule has 146 valence electrons. The van der Waals surface area contributed by atoms with Crippen molar-refractivity contribution in [3.05, 3.63) is 54.1 Å². The fourth-order valence-electron chi connectivity index (χ4n) is 2.61. The number of nitrogen functional groups attached to an aromatic ring is 1. The van der Waals surface area contributed by atoms with Gasteiger partial charge < -0.3 is 15.4 Å². The highest BCUT2D eigenvalue weighted by Crippen LogP contribution is 2.17. The second-order valence-electron chi connectivity index (χ2n) is 6.46. The van der Waals surface area contributed by atoms with Crippen LogP contribution in [0.2, 0.25) is 0 Å². The number of hydrogen-bond acceptors (Lipinski definition) is 5. The van der Waals surface area contributed by atoms with Crippen molar-refractivity contribution >= 4 is 21.4 Å². The fraction of sp³-hybridized carbons (Fsp3) is 0.350. The maximum Gasteiger partial charge on any atom is 0.222 e. The second-order valence-corrected chi connectivity index (χ2v) is 8.48. The van der Waals surface area contributed by atoms with Crippen LogP contribution < -0.4 is 10.5 Å². The predicted octanol–water partition coefficient (Wildman–Crippen LogP) is 2.53. The van der Waals surface area contributed by atoms with Crippen molar-refractivity contribution in [1.82, 2.24) is 4.90 Å². The van der Waals surface area contributed by atoms with Gasteiger partial charge in [-0.1, -0.05) is 24.3 Å². The van der Waals surface area contributed by atoms with Crippen molar-refractivity contribution in [3.8, 4) is 5.75 Å². The third-order valence-corrected chi connectivity index (χ3v) is 5.34. The van der Waals surface area contributed by atoms with Crippen LogP contribution in [0.1, 0.15) is 18.4 Å². The topological polar surface area (TPSA) is 89.7 Å². The van der Waals surface area contributed by atoms with E-state index in [1.807, 2.05) is 24.3 Å². The molecule has 7 heteroatoms. The summed E-state index contributed by atoms with van der Waals surface area (Å²) in [6, 6.07) is 14.0. The molecule has 0 unspecified atom stereocenters. The zero-order valence-electron chi connectivity index (χ0n) is 15.7. The summed E-state index contributed by atoms with van der Waals surface area (Å²) >= 11 is 0. The Morgan fingerprint density at radius 3 is 2.59 bits per heavy atom. The lowest BCUT2D eigenvalue weighted by molar-refractivity contribution is -0.129. The Labute approximate surface area is 160 Å². The quantitative estimate of drug-likeness (QED) is 0.525. The zero-order valence-corrected chi connectivity index (χ0v) is 16.5. The molecule has 0 saturated carbocycles. The van der Waals surface area contributed by atoms with Crippen LogP contribution in [0.3, 0.4) is 0 Å². The van der Waals surface area contributed by atoms with Crippen LogP contribution in [0, 0.1) is 0 Å². The Balaban J connectivity index is 1.73. The van der Waals surface area contributed by atoms with Gasteiger partial charge in [-0.25, -0.2) is 8.42 Å². The van der Waals surface area contributed by atoms with Crippen molar-refractivity contribution in [2.45, 2.75) is 24.2 Å². The van der Waals surface area contributed by atoms with Gasteiger partial charge in [0.15, 0.2) is 9.84 Å². The Morgan fingerprint density at radius 1 is 1.15 bits per heavy atom. The van der Waals surface area contributed by atoms with Crippen LogP contribution in [0.15, 0.2) is 53.4 Å². The summed E-state index contributed by atoms with van der Waals surface area (Å²) in [6.07, 6.45) is 2.83. The highest BCUT2D eigenvalue weighted by Gasteiger charge is 2.10. The first-order valence-electron chi connectivity index (χ1n) is 8.77. The maximum atomic E-state index is 12.2. The van der Waals surface area contributed by atoms with Gasteiger partial charge in [0, 0.05) is 32.0 Å². The molecule has 0 aliphatic heterocycles. The largest absolute Gasteiger partial charge is 0.493 e. The number of anilines is 1. The summed E-state index contributed by atoms with van der Waals surface area (Å²) < 4.78 is 28.7. The zero-order chi connectivity index (χ0) is 19.9. The average molecular weight is 391 g/mol. The number of rotatable bonds is 9. The van der Waals surface area contributed by atoms with E-state index in [-0.39, 0.29) is 10.8 Å². The van der Waals surface area contributed by atoms with E-state index in [9.17, 15) is 13.2 Å². The van der Waals surface area contributed by atoms with E-state index >= 15 is 0 Å². The van der Waals surface area contributed by atoms with Gasteiger partial charge in [-0.3, -0.25) is 4.79 Å². The van der Waals surface area contributed by atoms with E-state index < -0.39 is 9.84 Å². The summed E-state index contributed by atoms with van der Waals surface area (Å²) in [5.41, 5.74) is 7.58. The van der Waals surface area contributed by atoms with E-state index in [4.69, 9.17) is 10.5 Å². The van der Waals surface area contributed by atoms with Crippen molar-refractivity contribution in [3.63, 3.8) is 0 Å². The molecule has 0 aliphatic carbocycles. The van der Waals surface area contributed by atoms with Crippen LogP contribution in [0.25, 0.3) is 0 Å². The number of para-hydroxylation sites is 1. The standard InChI is InChI=1S/C20H26N2O4S/c1-22(20(23)12-11-16-7-3-4-10-19(16)21)13-6-14-26-17-8-5-9-18(15-17)27(2,24)25/h3-5,7-10,15H,6,11-14,21H2,1-2H3. The number of sulfone groups is 1. The van der Waals surface area contributed by atoms with Crippen LogP contribution in [0.5, 0.6) is 5.75 Å². The van der Waals surface area contributed by atoms with Crippen LogP contribution >= 0.6 is 0 Å². The van der Waals surface area contributed by atoms with Gasteiger partial charge in [-0.15, -0.1) is 0 Å². The molecule has 2 N–H and O–H groups in total. The Morgan fingerprint density at radius 2 is 1.89 bits per heavy atom. The summed E-state index contributed by atoms with van der Waals surface area (Å²) in [4.78, 5) is 14.1. The molecule has 0 saturated heterocycles. The predicted molar refractivity (Wildman–Crippen MR) is 106 cm³/mol. The lowest BCUT2D eigenvalue weighted by atomic mass is 10.1. The SMILES string of the molecule is CN(CCCOc1cccc(S(C)(=O)=O)c1)C(=O)CCc1ccccc1N. The van der Waals surface area contributed by atoms with Gasteiger partial charge in [0.1, 0.15) is 5.75 Å². The van der Waals surface area contributed by atoms with Gasteiger partial charge in [0.05, 0.1) is 11.5 Å². The normalized spacial score (nSPS) is 11.2. The number of aryl methyl sites for hydroxylation is 1. The van der Waals surface area contributed by atoms with E-state index in [0.29, 0.717) is 43.9 Å². The van der Waals surface area contributed by atoms with Crippen molar-refractivity contribution in [2.75, 3.05) is 32.2 Å². The molecule has 2 aromatic rings. The average Bonchev–Trinajstić information content (AvgIpc) is 2.63. The van der Waals surface area contributed by atoms with Crippen molar-refractivity contribution in [1.29, 1.82) is 0 Å². The molecule has 0 radical (unpaired) electrons. The highest BCUT2D eigenvalue weighted by molar-refractivity contribution is 7.90. The summed E-state index contributed by atoms with van der Waals surface area (Å²) in [5.74, 6) is 0.559. The molecule has 0 spiro atoms. The minimum atomic E-state index is -3.25. The molecule has 0 atom stereocenters. The molecule has 0 fully saturated rings. The first kappa shape index (κ1) is 20.8. The molecular weight excluding hydrogens is 364 g/mol. The minimum absolute atomic E-state index is 0.0531. The molecule has 6 nitrogen and oxygen atoms in total. The smallest absolute Gasteiger partial charge is 0.222 e. The molecule has 0 heterocycles. The van der Waals surface area contributed by atoms with Gasteiger partial charge in [-0.05, 0) is 42.7 Å². The van der Waals surface area contributed by atoms with Crippen LogP contribution in [0.4, 0.5) is 5.69 Å². The second kappa shape index (κ2) is 9.41. The number of amides is 1. The lowest BCUT2D eigenvalue weighted by Gasteiger charge is -2.17. The number of ether oxygens (including phenoxy) is 1. The van der Waals surface area contributed by atoms with Crippen LogP contribution in [-0.2, 0) is 21.1 Å². The van der Waals surface area contributed by atoms with Gasteiger partial charge >= 0.3 is 0 Å². The van der Waals surface area contributed by atoms with Crippen molar-refractivity contribution < 1.29 is 17.9 Å². The van der Waals surface area contributed by atoms with Gasteiger partial charge in [0.25, 0.3) is 0 Å². The minimum Gasteiger partial charge on any atom is -0.493 e. The fourth-order valence-corrected chi connectivity index (χ4v) is 3.26. The van der Waals surface area contributed by atoms with Gasteiger partial charge in [-0.2, -0.15) is 0 Å². The first-order valence-corrected chi connectivity index (χ1v) is 10.7. The maximum absolute atomic E-state index is 12.2. The number of carbonyl (C=O) groups excluding carboxylic acids is 1. The number of benzene rings is 2. The van der Waals surface area contributed by atoms with E-state index in [2.05, 4.69) is 0 Å². The summed E-state index contributed by atoms with van der Waals surface area (Å²) in [6.45, 7) is 0.964. The molecule has 27 heavy (non-hydrogen) atoms. The number of nitrogens with zero attached hydrogens (tertiary/aromatic N) is 1. The third kappa shape index (κ3) is 6.60. The molecule has 0 aliphatic rings. The van der Waals surface area contributed by atoms with E-state index in [1.54, 1.807) is 24.1 Å². The summed E-state index contributed by atoms with van der Waals surface area (Å²) in [5, 5.41) is 0. The Bertz CT molecular complexity index is 881. The Kier molecular flexibility index (Phi) is 7.24. The molecule has 2 rings (SSSR count). The lowest BCUT2D eigenvalue weighted by Crippen LogP contribution is -2.28. The molecule has 2 aromatic carbocycles. The monoisotopic (exact) mass is 390 g/mol. The number of nitrogens with two attached hydrogens (primary N) is 1. The van der Waals surface area contributed by atoms with E-state index in [0.717, 1.165) is 11.8 Å². The number of carbonyl (C=O) groups is 1.